The van der Waals surface area contributed by atoms with E-state index in [2.05, 4.69) is 4.99 Å². The number of hydrogen-bond acceptors (Lipinski definition) is 2. The van der Waals surface area contributed by atoms with Crippen molar-refractivity contribution in [2.75, 3.05) is 13.2 Å². The maximum atomic E-state index is 8.15. The number of hydrogen-bond donors (Lipinski definition) is 2. The first-order chi connectivity index (χ1) is 3.27. The number of rotatable bonds is 2. The average Bonchev–Trinajstić information content (AvgIpc) is 1.61. The lowest BCUT2D eigenvalue weighted by Gasteiger charge is -1.86. The van der Waals surface area contributed by atoms with E-state index in [0.717, 1.165) is 0 Å². The zero-order chi connectivity index (χ0) is 5.70. The van der Waals surface area contributed by atoms with Gasteiger partial charge in [0.15, 0.2) is 0 Å². The molecular formula is C4H10N2O. The molecule has 0 aromatic heterocycles. The molecule has 0 aromatic carbocycles. The van der Waals surface area contributed by atoms with Crippen LogP contribution in [0.3, 0.4) is 0 Å². The molecule has 0 fully saturated rings. The summed E-state index contributed by atoms with van der Waals surface area (Å²) in [4.78, 5) is 3.69. The van der Waals surface area contributed by atoms with E-state index in [1.165, 1.54) is 0 Å². The maximum absolute atomic E-state index is 8.15. The molecule has 0 aliphatic heterocycles. The van der Waals surface area contributed by atoms with Crippen LogP contribution in [0.25, 0.3) is 0 Å². The standard InChI is InChI=1S/C4H10N2O/c1-4(5)6-2-3-7/h7H,2-3H2,1H3,(H2,5,6). The van der Waals surface area contributed by atoms with Gasteiger partial charge in [-0.05, 0) is 6.92 Å². The van der Waals surface area contributed by atoms with Gasteiger partial charge >= 0.3 is 0 Å². The second-order valence-corrected chi connectivity index (χ2v) is 1.25. The van der Waals surface area contributed by atoms with E-state index in [0.29, 0.717) is 12.4 Å². The molecule has 3 N–H and O–H groups in total. The van der Waals surface area contributed by atoms with Crippen molar-refractivity contribution in [3.05, 3.63) is 0 Å². The predicted octanol–water partition coefficient (Wildman–Crippen LogP) is -0.644. The molecule has 0 amide bonds. The van der Waals surface area contributed by atoms with Crippen molar-refractivity contribution in [3.8, 4) is 0 Å². The van der Waals surface area contributed by atoms with Crippen LogP contribution < -0.4 is 5.73 Å². The number of aliphatic hydroxyl groups excluding tert-OH is 1. The molecule has 0 heterocycles. The van der Waals surface area contributed by atoms with Crippen LogP contribution in [-0.4, -0.2) is 24.1 Å². The van der Waals surface area contributed by atoms with Gasteiger partial charge in [-0.3, -0.25) is 4.99 Å². The van der Waals surface area contributed by atoms with Crippen molar-refractivity contribution in [1.82, 2.24) is 0 Å². The highest BCUT2D eigenvalue weighted by Gasteiger charge is 1.74. The zero-order valence-corrected chi connectivity index (χ0v) is 4.39. The van der Waals surface area contributed by atoms with Crippen molar-refractivity contribution >= 4 is 5.84 Å². The maximum Gasteiger partial charge on any atom is 0.0906 e. The smallest absolute Gasteiger partial charge is 0.0906 e. The van der Waals surface area contributed by atoms with E-state index in [4.69, 9.17) is 10.8 Å². The molecule has 7 heavy (non-hydrogen) atoms. The third-order valence-electron chi connectivity index (χ3n) is 0.461. The van der Waals surface area contributed by atoms with Gasteiger partial charge in [-0.15, -0.1) is 0 Å². The molecule has 3 nitrogen and oxygen atoms in total. The SMILES string of the molecule is CC(N)=NCCO. The van der Waals surface area contributed by atoms with Crippen LogP contribution in [0.5, 0.6) is 0 Å². The normalized spacial score (nSPS) is 12.0. The molecule has 0 unspecified atom stereocenters. The fraction of sp³-hybridized carbons (Fsp3) is 0.750. The van der Waals surface area contributed by atoms with E-state index in [1.54, 1.807) is 6.92 Å². The Hall–Kier alpha value is -0.570. The summed E-state index contributed by atoms with van der Waals surface area (Å²) in [5.74, 6) is 0.522. The van der Waals surface area contributed by atoms with Gasteiger partial charge in [0.2, 0.25) is 0 Å². The van der Waals surface area contributed by atoms with E-state index in [9.17, 15) is 0 Å². The summed E-state index contributed by atoms with van der Waals surface area (Å²) in [6.45, 7) is 2.19. The van der Waals surface area contributed by atoms with E-state index in [1.807, 2.05) is 0 Å². The van der Waals surface area contributed by atoms with Crippen molar-refractivity contribution in [1.29, 1.82) is 0 Å². The summed E-state index contributed by atoms with van der Waals surface area (Å²) in [5.41, 5.74) is 5.12. The van der Waals surface area contributed by atoms with Crippen molar-refractivity contribution in [2.24, 2.45) is 10.7 Å². The first-order valence-corrected chi connectivity index (χ1v) is 2.14. The van der Waals surface area contributed by atoms with Crippen LogP contribution in [0, 0.1) is 0 Å². The van der Waals surface area contributed by atoms with Crippen LogP contribution in [0.2, 0.25) is 0 Å². The Labute approximate surface area is 42.9 Å². The molecule has 0 saturated carbocycles. The average molecular weight is 102 g/mol. The van der Waals surface area contributed by atoms with E-state index in [-0.39, 0.29) is 6.61 Å². The summed E-state index contributed by atoms with van der Waals surface area (Å²) in [7, 11) is 0. The highest BCUT2D eigenvalue weighted by Crippen LogP contribution is 1.65. The van der Waals surface area contributed by atoms with Gasteiger partial charge in [0.1, 0.15) is 0 Å². The highest BCUT2D eigenvalue weighted by molar-refractivity contribution is 5.77. The lowest BCUT2D eigenvalue weighted by molar-refractivity contribution is 0.307. The Balaban J connectivity index is 3.08. The molecular weight excluding hydrogens is 92.1 g/mol. The van der Waals surface area contributed by atoms with Crippen LogP contribution in [0.1, 0.15) is 6.92 Å². The van der Waals surface area contributed by atoms with Crippen molar-refractivity contribution < 1.29 is 5.11 Å². The minimum absolute atomic E-state index is 0.0779. The first-order valence-electron chi connectivity index (χ1n) is 2.14. The Morgan fingerprint density at radius 2 is 2.43 bits per heavy atom. The van der Waals surface area contributed by atoms with E-state index >= 15 is 0 Å². The Kier molecular flexibility index (Phi) is 3.32. The molecule has 0 saturated heterocycles. The molecule has 0 aliphatic rings. The molecule has 0 aliphatic carbocycles. The van der Waals surface area contributed by atoms with E-state index < -0.39 is 0 Å². The Bertz CT molecular complexity index is 66.1. The second-order valence-electron chi connectivity index (χ2n) is 1.25. The summed E-state index contributed by atoms with van der Waals surface area (Å²) < 4.78 is 0. The molecule has 42 valence electrons. The topological polar surface area (TPSA) is 58.6 Å². The fourth-order valence-electron chi connectivity index (χ4n) is 0.226. The lowest BCUT2D eigenvalue weighted by Crippen LogP contribution is -2.06. The summed E-state index contributed by atoms with van der Waals surface area (Å²) in [5, 5.41) is 8.15. The summed E-state index contributed by atoms with van der Waals surface area (Å²) >= 11 is 0. The monoisotopic (exact) mass is 102 g/mol. The molecule has 0 rings (SSSR count). The molecule has 0 aromatic rings. The first kappa shape index (κ1) is 6.43. The Morgan fingerprint density at radius 1 is 1.86 bits per heavy atom. The third-order valence-corrected chi connectivity index (χ3v) is 0.461. The predicted molar refractivity (Wildman–Crippen MR) is 29.2 cm³/mol. The van der Waals surface area contributed by atoms with Gasteiger partial charge in [0, 0.05) is 0 Å². The van der Waals surface area contributed by atoms with Crippen molar-refractivity contribution in [3.63, 3.8) is 0 Å². The fourth-order valence-corrected chi connectivity index (χ4v) is 0.226. The van der Waals surface area contributed by atoms with Gasteiger partial charge in [0.05, 0.1) is 19.0 Å². The number of nitrogens with zero attached hydrogens (tertiary/aromatic N) is 1. The lowest BCUT2D eigenvalue weighted by atomic mass is 10.6. The summed E-state index contributed by atoms with van der Waals surface area (Å²) in [6, 6.07) is 0. The molecule has 0 bridgehead atoms. The van der Waals surface area contributed by atoms with Crippen LogP contribution in [-0.2, 0) is 0 Å². The minimum Gasteiger partial charge on any atom is -0.394 e. The Morgan fingerprint density at radius 3 is 2.57 bits per heavy atom. The zero-order valence-electron chi connectivity index (χ0n) is 4.39. The van der Waals surface area contributed by atoms with Gasteiger partial charge in [-0.25, -0.2) is 0 Å². The molecule has 3 heteroatoms. The molecule has 0 spiro atoms. The minimum atomic E-state index is 0.0779. The second kappa shape index (κ2) is 3.61. The van der Waals surface area contributed by atoms with Gasteiger partial charge < -0.3 is 10.8 Å². The van der Waals surface area contributed by atoms with Crippen molar-refractivity contribution in [2.45, 2.75) is 6.92 Å². The highest BCUT2D eigenvalue weighted by atomic mass is 16.3. The largest absolute Gasteiger partial charge is 0.394 e. The van der Waals surface area contributed by atoms with Gasteiger partial charge in [-0.1, -0.05) is 0 Å². The quantitative estimate of drug-likeness (QED) is 0.360. The number of amidine groups is 1. The van der Waals surface area contributed by atoms with Crippen LogP contribution in [0.15, 0.2) is 4.99 Å². The van der Waals surface area contributed by atoms with Gasteiger partial charge in [0.25, 0.3) is 0 Å². The van der Waals surface area contributed by atoms with Crippen LogP contribution >= 0.6 is 0 Å². The summed E-state index contributed by atoms with van der Waals surface area (Å²) in [6.07, 6.45) is 0. The molecule has 0 atom stereocenters. The number of aliphatic imine (C=N–C) groups is 1. The van der Waals surface area contributed by atoms with Gasteiger partial charge in [-0.2, -0.15) is 0 Å². The number of aliphatic hydroxyl groups is 1. The van der Waals surface area contributed by atoms with Crippen LogP contribution in [0.4, 0.5) is 0 Å². The third kappa shape index (κ3) is 5.43. The molecule has 0 radical (unpaired) electrons. The number of nitrogens with two attached hydrogens (primary N) is 1.